The largest absolute Gasteiger partial charge is 0.322 e. The molecule has 0 aliphatic heterocycles. The molecule has 5 nitrogen and oxygen atoms in total. The van der Waals surface area contributed by atoms with Gasteiger partial charge in [0, 0.05) is 16.8 Å². The van der Waals surface area contributed by atoms with Crippen LogP contribution in [0.2, 0.25) is 0 Å². The summed E-state index contributed by atoms with van der Waals surface area (Å²) in [5.74, 6) is -0.473. The van der Waals surface area contributed by atoms with Crippen molar-refractivity contribution in [3.8, 4) is 22.4 Å². The van der Waals surface area contributed by atoms with Crippen molar-refractivity contribution in [3.63, 3.8) is 0 Å². The number of aromatic amines is 1. The van der Waals surface area contributed by atoms with E-state index in [4.69, 9.17) is 0 Å². The van der Waals surface area contributed by atoms with Crippen molar-refractivity contribution in [3.05, 3.63) is 106 Å². The molecule has 1 heterocycles. The number of amides is 1. The number of H-pyrrole nitrogens is 1. The summed E-state index contributed by atoms with van der Waals surface area (Å²) in [6.07, 6.45) is 0. The molecular formula is C25H21N3O2. The second-order valence-corrected chi connectivity index (χ2v) is 7.21. The maximum atomic E-state index is 13.3. The van der Waals surface area contributed by atoms with Crippen LogP contribution in [0.15, 0.2) is 83.7 Å². The molecule has 1 amide bonds. The number of nitrogens with one attached hydrogen (secondary N) is 2. The maximum Gasteiger partial charge on any atom is 0.277 e. The van der Waals surface area contributed by atoms with Crippen molar-refractivity contribution in [2.75, 3.05) is 5.32 Å². The number of rotatable bonds is 4. The lowest BCUT2D eigenvalue weighted by atomic mass is 9.95. The van der Waals surface area contributed by atoms with Gasteiger partial charge in [0.15, 0.2) is 0 Å². The molecule has 0 saturated heterocycles. The summed E-state index contributed by atoms with van der Waals surface area (Å²) in [6.45, 7) is 3.93. The van der Waals surface area contributed by atoms with Crippen LogP contribution in [0.3, 0.4) is 0 Å². The molecule has 0 bridgehead atoms. The Balaban J connectivity index is 1.90. The van der Waals surface area contributed by atoms with Crippen molar-refractivity contribution in [1.82, 2.24) is 10.2 Å². The van der Waals surface area contributed by atoms with Crippen LogP contribution in [0.1, 0.15) is 21.5 Å². The van der Waals surface area contributed by atoms with Crippen molar-refractivity contribution in [2.24, 2.45) is 0 Å². The number of aryl methyl sites for hydroxylation is 2. The predicted molar refractivity (Wildman–Crippen MR) is 120 cm³/mol. The minimum absolute atomic E-state index is 0.0363. The third kappa shape index (κ3) is 3.91. The fourth-order valence-corrected chi connectivity index (χ4v) is 3.60. The van der Waals surface area contributed by atoms with Gasteiger partial charge in [-0.15, -0.1) is 0 Å². The van der Waals surface area contributed by atoms with E-state index in [1.807, 2.05) is 92.7 Å². The third-order valence-corrected chi connectivity index (χ3v) is 4.80. The zero-order valence-corrected chi connectivity index (χ0v) is 16.8. The number of aromatic nitrogens is 2. The van der Waals surface area contributed by atoms with Gasteiger partial charge >= 0.3 is 0 Å². The van der Waals surface area contributed by atoms with Crippen molar-refractivity contribution < 1.29 is 4.79 Å². The molecule has 148 valence electrons. The predicted octanol–water partition coefficient (Wildman–Crippen LogP) is 4.97. The van der Waals surface area contributed by atoms with Gasteiger partial charge in [0.1, 0.15) is 5.56 Å². The maximum absolute atomic E-state index is 13.3. The number of carbonyl (C=O) groups is 1. The molecule has 30 heavy (non-hydrogen) atoms. The zero-order valence-electron chi connectivity index (χ0n) is 16.8. The Labute approximate surface area is 174 Å². The van der Waals surface area contributed by atoms with Crippen LogP contribution >= 0.6 is 0 Å². The molecular weight excluding hydrogens is 374 g/mol. The number of carbonyl (C=O) groups excluding carboxylic acids is 1. The molecule has 4 rings (SSSR count). The van der Waals surface area contributed by atoms with Gasteiger partial charge in [-0.3, -0.25) is 9.59 Å². The van der Waals surface area contributed by atoms with Crippen LogP contribution in [0.4, 0.5) is 5.69 Å². The van der Waals surface area contributed by atoms with Gasteiger partial charge in [-0.05, 0) is 42.7 Å². The first-order chi connectivity index (χ1) is 14.5. The van der Waals surface area contributed by atoms with Crippen LogP contribution in [0, 0.1) is 13.8 Å². The molecule has 2 N–H and O–H groups in total. The van der Waals surface area contributed by atoms with E-state index in [2.05, 4.69) is 15.5 Å². The third-order valence-electron chi connectivity index (χ3n) is 4.80. The molecule has 0 saturated carbocycles. The summed E-state index contributed by atoms with van der Waals surface area (Å²) in [5, 5.41) is 9.67. The first-order valence-electron chi connectivity index (χ1n) is 9.66. The highest BCUT2D eigenvalue weighted by Crippen LogP contribution is 2.32. The fraction of sp³-hybridized carbons (Fsp3) is 0.0800. The Morgan fingerprint density at radius 1 is 0.833 bits per heavy atom. The lowest BCUT2D eigenvalue weighted by Crippen LogP contribution is -2.26. The number of benzene rings is 3. The molecule has 0 spiro atoms. The van der Waals surface area contributed by atoms with Crippen LogP contribution in [-0.4, -0.2) is 16.1 Å². The topological polar surface area (TPSA) is 74.8 Å². The quantitative estimate of drug-likeness (QED) is 0.512. The molecule has 5 heteroatoms. The van der Waals surface area contributed by atoms with Gasteiger partial charge in [-0.1, -0.05) is 66.7 Å². The van der Waals surface area contributed by atoms with Crippen molar-refractivity contribution in [2.45, 2.75) is 13.8 Å². The summed E-state index contributed by atoms with van der Waals surface area (Å²) in [5.41, 5.74) is 4.83. The van der Waals surface area contributed by atoms with E-state index in [1.165, 1.54) is 0 Å². The second-order valence-electron chi connectivity index (χ2n) is 7.21. The Kier molecular flexibility index (Phi) is 5.26. The van der Waals surface area contributed by atoms with Gasteiger partial charge in [-0.25, -0.2) is 5.10 Å². The number of anilines is 1. The summed E-state index contributed by atoms with van der Waals surface area (Å²) in [7, 11) is 0. The average molecular weight is 395 g/mol. The molecule has 0 aliphatic carbocycles. The minimum atomic E-state index is -0.532. The van der Waals surface area contributed by atoms with E-state index in [9.17, 15) is 9.59 Å². The molecule has 4 aromatic rings. The first kappa shape index (κ1) is 19.3. The standard InChI is InChI=1S/C25H21N3O2/c1-16-13-17(2)15-20(14-16)26-24(29)22-21(18-9-5-3-6-10-18)23(27-28-25(22)30)19-11-7-4-8-12-19/h3-15H,1-2H3,(H,26,29)(H,28,30). The number of nitrogens with zero attached hydrogens (tertiary/aromatic N) is 1. The van der Waals surface area contributed by atoms with E-state index in [1.54, 1.807) is 0 Å². The van der Waals surface area contributed by atoms with E-state index < -0.39 is 11.5 Å². The summed E-state index contributed by atoms with van der Waals surface area (Å²) >= 11 is 0. The highest BCUT2D eigenvalue weighted by atomic mass is 16.2. The van der Waals surface area contributed by atoms with Crippen LogP contribution in [0.5, 0.6) is 0 Å². The summed E-state index contributed by atoms with van der Waals surface area (Å²) in [4.78, 5) is 26.1. The molecule has 0 atom stereocenters. The lowest BCUT2D eigenvalue weighted by Gasteiger charge is -2.14. The van der Waals surface area contributed by atoms with Gasteiger partial charge in [0.05, 0.1) is 5.69 Å². The van der Waals surface area contributed by atoms with Crippen LogP contribution in [-0.2, 0) is 0 Å². The van der Waals surface area contributed by atoms with Crippen LogP contribution in [0.25, 0.3) is 22.4 Å². The molecule has 1 aromatic heterocycles. The zero-order chi connectivity index (χ0) is 21.1. The van der Waals surface area contributed by atoms with E-state index in [0.717, 1.165) is 22.3 Å². The Morgan fingerprint density at radius 2 is 1.40 bits per heavy atom. The Bertz CT molecular complexity index is 1240. The monoisotopic (exact) mass is 395 g/mol. The highest BCUT2D eigenvalue weighted by Gasteiger charge is 2.23. The molecule has 3 aromatic carbocycles. The smallest absolute Gasteiger partial charge is 0.277 e. The normalized spacial score (nSPS) is 10.6. The van der Waals surface area contributed by atoms with Crippen molar-refractivity contribution in [1.29, 1.82) is 0 Å². The Morgan fingerprint density at radius 3 is 2.00 bits per heavy atom. The fourth-order valence-electron chi connectivity index (χ4n) is 3.60. The van der Waals surface area contributed by atoms with E-state index >= 15 is 0 Å². The van der Waals surface area contributed by atoms with Gasteiger partial charge in [-0.2, -0.15) is 5.10 Å². The minimum Gasteiger partial charge on any atom is -0.322 e. The molecule has 0 radical (unpaired) electrons. The van der Waals surface area contributed by atoms with Gasteiger partial charge < -0.3 is 5.32 Å². The number of hydrogen-bond donors (Lipinski definition) is 2. The number of hydrogen-bond acceptors (Lipinski definition) is 3. The summed E-state index contributed by atoms with van der Waals surface area (Å²) < 4.78 is 0. The van der Waals surface area contributed by atoms with Gasteiger partial charge in [0.25, 0.3) is 11.5 Å². The average Bonchev–Trinajstić information content (AvgIpc) is 2.74. The first-order valence-corrected chi connectivity index (χ1v) is 9.66. The molecule has 0 unspecified atom stereocenters. The molecule has 0 fully saturated rings. The highest BCUT2D eigenvalue weighted by molar-refractivity contribution is 6.10. The van der Waals surface area contributed by atoms with Crippen LogP contribution < -0.4 is 10.9 Å². The van der Waals surface area contributed by atoms with Crippen molar-refractivity contribution >= 4 is 11.6 Å². The Hall–Kier alpha value is -3.99. The van der Waals surface area contributed by atoms with E-state index in [-0.39, 0.29) is 5.56 Å². The van der Waals surface area contributed by atoms with E-state index in [0.29, 0.717) is 16.9 Å². The SMILES string of the molecule is Cc1cc(C)cc(NC(=O)c2c(-c3ccccc3)c(-c3ccccc3)n[nH]c2=O)c1. The second kappa shape index (κ2) is 8.17. The summed E-state index contributed by atoms with van der Waals surface area (Å²) in [6, 6.07) is 24.7. The lowest BCUT2D eigenvalue weighted by molar-refractivity contribution is 0.102. The van der Waals surface area contributed by atoms with Gasteiger partial charge in [0.2, 0.25) is 0 Å². The molecule has 0 aliphatic rings.